The Morgan fingerprint density at radius 3 is 2.62 bits per heavy atom. The lowest BCUT2D eigenvalue weighted by molar-refractivity contribution is 0.301. The van der Waals surface area contributed by atoms with Crippen LogP contribution in [0, 0.1) is 12.7 Å². The van der Waals surface area contributed by atoms with Gasteiger partial charge in [-0.25, -0.2) is 4.39 Å². The Kier molecular flexibility index (Phi) is 4.73. The predicted octanol–water partition coefficient (Wildman–Crippen LogP) is 5.07. The quantitative estimate of drug-likeness (QED) is 0.800. The molecule has 2 rings (SSSR count). The molecule has 21 heavy (non-hydrogen) atoms. The normalized spacial score (nSPS) is 11.0. The third-order valence-electron chi connectivity index (χ3n) is 3.41. The zero-order valence-electron chi connectivity index (χ0n) is 12.4. The standard InChI is InChI=1S/C17H19ClFNO/c1-10(2)14-8-16(20)11(3)6-17(14)21-9-12-7-13(19)4-5-15(12)18/h4-8,10H,9,20H2,1-3H3. The van der Waals surface area contributed by atoms with Gasteiger partial charge in [-0.05, 0) is 54.3 Å². The minimum Gasteiger partial charge on any atom is -0.489 e. The van der Waals surface area contributed by atoms with E-state index in [-0.39, 0.29) is 18.3 Å². The molecule has 0 radical (unpaired) electrons. The van der Waals surface area contributed by atoms with Gasteiger partial charge in [-0.3, -0.25) is 0 Å². The minimum atomic E-state index is -0.324. The van der Waals surface area contributed by atoms with Crippen molar-refractivity contribution in [1.29, 1.82) is 0 Å². The second-order valence-electron chi connectivity index (χ2n) is 5.43. The number of aryl methyl sites for hydroxylation is 1. The van der Waals surface area contributed by atoms with Crippen LogP contribution < -0.4 is 10.5 Å². The lowest BCUT2D eigenvalue weighted by Crippen LogP contribution is -2.03. The van der Waals surface area contributed by atoms with E-state index in [1.165, 1.54) is 18.2 Å². The first-order valence-electron chi connectivity index (χ1n) is 6.85. The zero-order chi connectivity index (χ0) is 15.6. The summed E-state index contributed by atoms with van der Waals surface area (Å²) in [6, 6.07) is 8.10. The fourth-order valence-corrected chi connectivity index (χ4v) is 2.27. The van der Waals surface area contributed by atoms with Crippen LogP contribution in [0.3, 0.4) is 0 Å². The molecule has 0 heterocycles. The van der Waals surface area contributed by atoms with Crippen molar-refractivity contribution < 1.29 is 9.13 Å². The van der Waals surface area contributed by atoms with Gasteiger partial charge in [0.15, 0.2) is 0 Å². The van der Waals surface area contributed by atoms with Crippen molar-refractivity contribution in [2.45, 2.75) is 33.3 Å². The van der Waals surface area contributed by atoms with E-state index in [9.17, 15) is 4.39 Å². The molecule has 2 aromatic rings. The number of benzene rings is 2. The zero-order valence-corrected chi connectivity index (χ0v) is 13.2. The first kappa shape index (κ1) is 15.6. The molecule has 112 valence electrons. The molecular weight excluding hydrogens is 289 g/mol. The molecule has 0 aliphatic carbocycles. The van der Waals surface area contributed by atoms with Crippen LogP contribution in [0.15, 0.2) is 30.3 Å². The number of hydrogen-bond donors (Lipinski definition) is 1. The number of rotatable bonds is 4. The molecule has 0 amide bonds. The molecule has 0 atom stereocenters. The highest BCUT2D eigenvalue weighted by molar-refractivity contribution is 6.31. The summed E-state index contributed by atoms with van der Waals surface area (Å²) in [4.78, 5) is 0. The summed E-state index contributed by atoms with van der Waals surface area (Å²) in [7, 11) is 0. The number of nitrogens with two attached hydrogens (primary N) is 1. The molecule has 0 aliphatic heterocycles. The number of nitrogen functional groups attached to an aromatic ring is 1. The molecule has 0 unspecified atom stereocenters. The van der Waals surface area contributed by atoms with Crippen molar-refractivity contribution in [1.82, 2.24) is 0 Å². The fourth-order valence-electron chi connectivity index (χ4n) is 2.10. The molecular formula is C17H19ClFNO. The van der Waals surface area contributed by atoms with Crippen LogP contribution >= 0.6 is 11.6 Å². The van der Waals surface area contributed by atoms with E-state index in [0.717, 1.165) is 22.6 Å². The SMILES string of the molecule is Cc1cc(OCc2cc(F)ccc2Cl)c(C(C)C)cc1N. The minimum absolute atomic E-state index is 0.222. The Labute approximate surface area is 129 Å². The van der Waals surface area contributed by atoms with Crippen LogP contribution in [0.2, 0.25) is 5.02 Å². The molecule has 0 fully saturated rings. The number of halogens is 2. The van der Waals surface area contributed by atoms with Crippen LogP contribution in [0.4, 0.5) is 10.1 Å². The van der Waals surface area contributed by atoms with E-state index >= 15 is 0 Å². The summed E-state index contributed by atoms with van der Waals surface area (Å²) in [5.41, 5.74) is 9.31. The smallest absolute Gasteiger partial charge is 0.123 e. The second kappa shape index (κ2) is 6.35. The van der Waals surface area contributed by atoms with Crippen molar-refractivity contribution in [2.24, 2.45) is 0 Å². The monoisotopic (exact) mass is 307 g/mol. The van der Waals surface area contributed by atoms with E-state index < -0.39 is 0 Å². The Balaban J connectivity index is 2.27. The van der Waals surface area contributed by atoms with E-state index in [2.05, 4.69) is 13.8 Å². The summed E-state index contributed by atoms with van der Waals surface area (Å²) in [6.07, 6.45) is 0. The summed E-state index contributed by atoms with van der Waals surface area (Å²) < 4.78 is 19.1. The summed E-state index contributed by atoms with van der Waals surface area (Å²) in [5, 5.41) is 0.495. The van der Waals surface area contributed by atoms with Gasteiger partial charge in [0.25, 0.3) is 0 Å². The maximum absolute atomic E-state index is 13.3. The molecule has 0 aromatic heterocycles. The molecule has 2 aromatic carbocycles. The topological polar surface area (TPSA) is 35.2 Å². The van der Waals surface area contributed by atoms with Crippen molar-refractivity contribution in [2.75, 3.05) is 5.73 Å². The van der Waals surface area contributed by atoms with Gasteiger partial charge in [-0.2, -0.15) is 0 Å². The Morgan fingerprint density at radius 1 is 1.24 bits per heavy atom. The Hall–Kier alpha value is -1.74. The van der Waals surface area contributed by atoms with Gasteiger partial charge in [0.05, 0.1) is 0 Å². The van der Waals surface area contributed by atoms with E-state index in [1.54, 1.807) is 0 Å². The number of hydrogen-bond acceptors (Lipinski definition) is 2. The molecule has 2 N–H and O–H groups in total. The third-order valence-corrected chi connectivity index (χ3v) is 3.78. The van der Waals surface area contributed by atoms with Crippen LogP contribution in [-0.2, 0) is 6.61 Å². The summed E-state index contributed by atoms with van der Waals surface area (Å²) in [6.45, 7) is 6.30. The third kappa shape index (κ3) is 3.67. The van der Waals surface area contributed by atoms with E-state index in [1.807, 2.05) is 19.1 Å². The van der Waals surface area contributed by atoms with Crippen molar-refractivity contribution in [3.05, 3.63) is 57.9 Å². The van der Waals surface area contributed by atoms with Crippen LogP contribution in [0.1, 0.15) is 36.5 Å². The van der Waals surface area contributed by atoms with Gasteiger partial charge in [0.2, 0.25) is 0 Å². The van der Waals surface area contributed by atoms with Gasteiger partial charge >= 0.3 is 0 Å². The summed E-state index contributed by atoms with van der Waals surface area (Å²) in [5.74, 6) is 0.721. The first-order chi connectivity index (χ1) is 9.88. The predicted molar refractivity (Wildman–Crippen MR) is 85.4 cm³/mol. The molecule has 0 aliphatic rings. The fraction of sp³-hybridized carbons (Fsp3) is 0.294. The lowest BCUT2D eigenvalue weighted by atomic mass is 9.99. The molecule has 4 heteroatoms. The van der Waals surface area contributed by atoms with Gasteiger partial charge < -0.3 is 10.5 Å². The highest BCUT2D eigenvalue weighted by Gasteiger charge is 2.12. The highest BCUT2D eigenvalue weighted by atomic mass is 35.5. The first-order valence-corrected chi connectivity index (χ1v) is 7.23. The van der Waals surface area contributed by atoms with Crippen LogP contribution in [-0.4, -0.2) is 0 Å². The largest absolute Gasteiger partial charge is 0.489 e. The molecule has 0 saturated carbocycles. The van der Waals surface area contributed by atoms with Crippen molar-refractivity contribution >= 4 is 17.3 Å². The maximum Gasteiger partial charge on any atom is 0.123 e. The van der Waals surface area contributed by atoms with E-state index in [0.29, 0.717) is 10.6 Å². The number of anilines is 1. The van der Waals surface area contributed by atoms with Gasteiger partial charge in [0, 0.05) is 16.3 Å². The highest BCUT2D eigenvalue weighted by Crippen LogP contribution is 2.32. The lowest BCUT2D eigenvalue weighted by Gasteiger charge is -2.17. The summed E-state index contributed by atoms with van der Waals surface area (Å²) >= 11 is 6.05. The van der Waals surface area contributed by atoms with Crippen molar-refractivity contribution in [3.8, 4) is 5.75 Å². The average Bonchev–Trinajstić information content (AvgIpc) is 2.42. The number of ether oxygens (including phenoxy) is 1. The van der Waals surface area contributed by atoms with E-state index in [4.69, 9.17) is 22.1 Å². The maximum atomic E-state index is 13.3. The average molecular weight is 308 g/mol. The van der Waals surface area contributed by atoms with Gasteiger partial charge in [-0.15, -0.1) is 0 Å². The molecule has 0 spiro atoms. The Morgan fingerprint density at radius 2 is 1.95 bits per heavy atom. The van der Waals surface area contributed by atoms with Crippen LogP contribution in [0.25, 0.3) is 0 Å². The van der Waals surface area contributed by atoms with Gasteiger partial charge in [0.1, 0.15) is 18.2 Å². The molecule has 0 bridgehead atoms. The van der Waals surface area contributed by atoms with Gasteiger partial charge in [-0.1, -0.05) is 25.4 Å². The molecule has 2 nitrogen and oxygen atoms in total. The second-order valence-corrected chi connectivity index (χ2v) is 5.83. The van der Waals surface area contributed by atoms with Crippen molar-refractivity contribution in [3.63, 3.8) is 0 Å². The Bertz CT molecular complexity index is 655. The molecule has 0 saturated heterocycles. The van der Waals surface area contributed by atoms with Crippen LogP contribution in [0.5, 0.6) is 5.75 Å².